The van der Waals surface area contributed by atoms with E-state index in [1.165, 1.54) is 6.33 Å². The summed E-state index contributed by atoms with van der Waals surface area (Å²) in [6.45, 7) is 4.15. The summed E-state index contributed by atoms with van der Waals surface area (Å²) in [5.74, 6) is 0.214. The summed E-state index contributed by atoms with van der Waals surface area (Å²) < 4.78 is 5.40. The number of nitrogens with one attached hydrogen (secondary N) is 2. The van der Waals surface area contributed by atoms with E-state index in [1.807, 2.05) is 37.3 Å². The molecular weight excluding hydrogens is 294 g/mol. The van der Waals surface area contributed by atoms with Crippen LogP contribution in [0.3, 0.4) is 0 Å². The molecule has 0 aliphatic rings. The van der Waals surface area contributed by atoms with Gasteiger partial charge in [0.2, 0.25) is 5.71 Å². The Kier molecular flexibility index (Phi) is 3.97. The van der Waals surface area contributed by atoms with Crippen LogP contribution in [0.1, 0.15) is 34.5 Å². The zero-order valence-corrected chi connectivity index (χ0v) is 12.9. The maximum Gasteiger partial charge on any atom is 0.262 e. The molecule has 6 heteroatoms. The molecule has 0 bridgehead atoms. The van der Waals surface area contributed by atoms with Crippen LogP contribution < -0.4 is 10.9 Å². The van der Waals surface area contributed by atoms with Gasteiger partial charge >= 0.3 is 0 Å². The average Bonchev–Trinajstić information content (AvgIpc) is 2.90. The summed E-state index contributed by atoms with van der Waals surface area (Å²) >= 11 is 0. The van der Waals surface area contributed by atoms with E-state index in [9.17, 15) is 9.59 Å². The van der Waals surface area contributed by atoms with E-state index in [1.54, 1.807) is 6.92 Å². The third-order valence-corrected chi connectivity index (χ3v) is 3.83. The standard InChI is InChI=1S/C17H17N3O3/c1-10(12-6-4-3-5-7-12)8-18-15(21)13-11(2)23-17-14(13)16(22)19-9-20-17/h3-7,9-10H,8H2,1-2H3,(H,18,21)(H,19,20,22)/t10-/m1/s1. The molecule has 0 fully saturated rings. The van der Waals surface area contributed by atoms with Gasteiger partial charge in [-0.05, 0) is 18.4 Å². The first kappa shape index (κ1) is 15.0. The van der Waals surface area contributed by atoms with Gasteiger partial charge in [0.15, 0.2) is 0 Å². The van der Waals surface area contributed by atoms with Crippen LogP contribution in [0.5, 0.6) is 0 Å². The summed E-state index contributed by atoms with van der Waals surface area (Å²) in [5.41, 5.74) is 1.18. The van der Waals surface area contributed by atoms with Gasteiger partial charge in [-0.25, -0.2) is 4.98 Å². The van der Waals surface area contributed by atoms with Gasteiger partial charge in [0.1, 0.15) is 11.1 Å². The molecule has 0 saturated carbocycles. The molecular formula is C17H17N3O3. The molecule has 0 unspecified atom stereocenters. The van der Waals surface area contributed by atoms with Gasteiger partial charge in [-0.3, -0.25) is 9.59 Å². The second-order valence-corrected chi connectivity index (χ2v) is 5.47. The van der Waals surface area contributed by atoms with Crippen LogP contribution in [-0.4, -0.2) is 22.4 Å². The molecule has 0 aliphatic carbocycles. The zero-order valence-electron chi connectivity index (χ0n) is 12.9. The average molecular weight is 311 g/mol. The van der Waals surface area contributed by atoms with Crippen LogP contribution in [0.25, 0.3) is 11.1 Å². The Balaban J connectivity index is 1.82. The van der Waals surface area contributed by atoms with Gasteiger partial charge in [0, 0.05) is 6.54 Å². The van der Waals surface area contributed by atoms with Crippen LogP contribution in [0.2, 0.25) is 0 Å². The van der Waals surface area contributed by atoms with Crippen molar-refractivity contribution >= 4 is 17.0 Å². The number of rotatable bonds is 4. The topological polar surface area (TPSA) is 88.0 Å². The van der Waals surface area contributed by atoms with Crippen LogP contribution in [-0.2, 0) is 0 Å². The lowest BCUT2D eigenvalue weighted by molar-refractivity contribution is 0.0951. The number of benzene rings is 1. The summed E-state index contributed by atoms with van der Waals surface area (Å²) in [7, 11) is 0. The van der Waals surface area contributed by atoms with E-state index in [-0.39, 0.29) is 34.0 Å². The van der Waals surface area contributed by atoms with Crippen molar-refractivity contribution < 1.29 is 9.21 Å². The number of fused-ring (bicyclic) bond motifs is 1. The van der Waals surface area contributed by atoms with E-state index in [0.717, 1.165) is 5.56 Å². The third kappa shape index (κ3) is 2.88. The Bertz CT molecular complexity index is 896. The molecule has 0 saturated heterocycles. The van der Waals surface area contributed by atoms with Crippen molar-refractivity contribution in [3.63, 3.8) is 0 Å². The number of carbonyl (C=O) groups excluding carboxylic acids is 1. The largest absolute Gasteiger partial charge is 0.442 e. The fourth-order valence-electron chi connectivity index (χ4n) is 2.56. The van der Waals surface area contributed by atoms with Gasteiger partial charge in [-0.2, -0.15) is 0 Å². The molecule has 1 atom stereocenters. The van der Waals surface area contributed by atoms with E-state index >= 15 is 0 Å². The molecule has 6 nitrogen and oxygen atoms in total. The van der Waals surface area contributed by atoms with Crippen LogP contribution in [0.4, 0.5) is 0 Å². The first-order chi connectivity index (χ1) is 11.1. The highest BCUT2D eigenvalue weighted by atomic mass is 16.3. The lowest BCUT2D eigenvalue weighted by atomic mass is 10.0. The van der Waals surface area contributed by atoms with Gasteiger partial charge in [0.05, 0.1) is 11.9 Å². The quantitative estimate of drug-likeness (QED) is 0.774. The smallest absolute Gasteiger partial charge is 0.262 e. The molecule has 3 rings (SSSR count). The van der Waals surface area contributed by atoms with Gasteiger partial charge in [-0.15, -0.1) is 0 Å². The van der Waals surface area contributed by atoms with E-state index < -0.39 is 0 Å². The molecule has 0 aliphatic heterocycles. The molecule has 2 heterocycles. The number of H-pyrrole nitrogens is 1. The number of furan rings is 1. The Labute approximate surface area is 132 Å². The van der Waals surface area contributed by atoms with Crippen molar-refractivity contribution in [3.8, 4) is 0 Å². The predicted molar refractivity (Wildman–Crippen MR) is 86.6 cm³/mol. The number of nitrogens with zero attached hydrogens (tertiary/aromatic N) is 1. The lowest BCUT2D eigenvalue weighted by Crippen LogP contribution is -2.28. The highest BCUT2D eigenvalue weighted by Crippen LogP contribution is 2.20. The molecule has 0 spiro atoms. The number of amides is 1. The van der Waals surface area contributed by atoms with Crippen LogP contribution in [0, 0.1) is 6.92 Å². The summed E-state index contributed by atoms with van der Waals surface area (Å²) in [5, 5.41) is 3.05. The molecule has 0 radical (unpaired) electrons. The van der Waals surface area contributed by atoms with Crippen molar-refractivity contribution in [2.45, 2.75) is 19.8 Å². The fraction of sp³-hybridized carbons (Fsp3) is 0.235. The minimum absolute atomic E-state index is 0.162. The van der Waals surface area contributed by atoms with E-state index in [0.29, 0.717) is 12.3 Å². The highest BCUT2D eigenvalue weighted by molar-refractivity contribution is 6.06. The molecule has 118 valence electrons. The number of hydrogen-bond donors (Lipinski definition) is 2. The third-order valence-electron chi connectivity index (χ3n) is 3.83. The second-order valence-electron chi connectivity index (χ2n) is 5.47. The zero-order chi connectivity index (χ0) is 16.4. The van der Waals surface area contributed by atoms with Crippen molar-refractivity contribution in [2.24, 2.45) is 0 Å². The summed E-state index contributed by atoms with van der Waals surface area (Å²) in [6, 6.07) is 9.92. The Morgan fingerprint density at radius 2 is 2.09 bits per heavy atom. The maximum atomic E-state index is 12.5. The predicted octanol–water partition coefficient (Wildman–Crippen LogP) is 2.36. The fourth-order valence-corrected chi connectivity index (χ4v) is 2.56. The first-order valence-corrected chi connectivity index (χ1v) is 7.38. The Hall–Kier alpha value is -2.89. The summed E-state index contributed by atoms with van der Waals surface area (Å²) in [6.07, 6.45) is 1.26. The maximum absolute atomic E-state index is 12.5. The minimum atomic E-state index is -0.381. The van der Waals surface area contributed by atoms with Gasteiger partial charge in [0.25, 0.3) is 11.5 Å². The van der Waals surface area contributed by atoms with Crippen LogP contribution >= 0.6 is 0 Å². The normalized spacial score (nSPS) is 12.3. The number of carbonyl (C=O) groups is 1. The number of hydrogen-bond acceptors (Lipinski definition) is 4. The Morgan fingerprint density at radius 1 is 1.35 bits per heavy atom. The molecule has 2 N–H and O–H groups in total. The highest BCUT2D eigenvalue weighted by Gasteiger charge is 2.21. The molecule has 3 aromatic rings. The van der Waals surface area contributed by atoms with E-state index in [4.69, 9.17) is 4.42 Å². The van der Waals surface area contributed by atoms with Crippen molar-refractivity contribution in [1.82, 2.24) is 15.3 Å². The number of aromatic nitrogens is 2. The molecule has 23 heavy (non-hydrogen) atoms. The van der Waals surface area contributed by atoms with Crippen LogP contribution in [0.15, 0.2) is 45.9 Å². The SMILES string of the molecule is Cc1oc2nc[nH]c(=O)c2c1C(=O)NC[C@@H](C)c1ccccc1. The number of aromatic amines is 1. The van der Waals surface area contributed by atoms with Gasteiger partial charge in [-0.1, -0.05) is 37.3 Å². The molecule has 1 aromatic carbocycles. The Morgan fingerprint density at radius 3 is 2.83 bits per heavy atom. The summed E-state index contributed by atoms with van der Waals surface area (Å²) in [4.78, 5) is 30.8. The monoisotopic (exact) mass is 311 g/mol. The van der Waals surface area contributed by atoms with Gasteiger partial charge < -0.3 is 14.7 Å². The molecule has 2 aromatic heterocycles. The minimum Gasteiger partial charge on any atom is -0.442 e. The molecule has 1 amide bonds. The number of aryl methyl sites for hydroxylation is 1. The van der Waals surface area contributed by atoms with Crippen molar-refractivity contribution in [1.29, 1.82) is 0 Å². The van der Waals surface area contributed by atoms with E-state index in [2.05, 4.69) is 15.3 Å². The van der Waals surface area contributed by atoms with Crippen molar-refractivity contribution in [2.75, 3.05) is 6.54 Å². The van der Waals surface area contributed by atoms with Crippen molar-refractivity contribution in [3.05, 3.63) is 63.9 Å². The first-order valence-electron chi connectivity index (χ1n) is 7.38. The second kappa shape index (κ2) is 6.08. The lowest BCUT2D eigenvalue weighted by Gasteiger charge is -2.12.